The van der Waals surface area contributed by atoms with Gasteiger partial charge in [0.05, 0.1) is 15.6 Å². The number of para-hydroxylation sites is 1. The highest BCUT2D eigenvalue weighted by atomic mass is 35.5. The van der Waals surface area contributed by atoms with Gasteiger partial charge >= 0.3 is 0 Å². The van der Waals surface area contributed by atoms with E-state index in [4.69, 9.17) is 23.2 Å². The van der Waals surface area contributed by atoms with Crippen molar-refractivity contribution in [3.8, 4) is 0 Å². The fraction of sp³-hybridized carbons (Fsp3) is 0.257. The molecule has 10 heteroatoms. The molecule has 1 atom stereocenters. The van der Waals surface area contributed by atoms with Crippen molar-refractivity contribution >= 4 is 50.7 Å². The van der Waals surface area contributed by atoms with E-state index >= 15 is 0 Å². The molecule has 0 heterocycles. The highest BCUT2D eigenvalue weighted by Crippen LogP contribution is 2.31. The number of anilines is 1. The Labute approximate surface area is 275 Å². The van der Waals surface area contributed by atoms with Gasteiger partial charge in [0.2, 0.25) is 11.8 Å². The molecule has 1 N–H and O–H groups in total. The molecule has 0 aliphatic rings. The van der Waals surface area contributed by atoms with Gasteiger partial charge in [-0.05, 0) is 75.2 Å². The van der Waals surface area contributed by atoms with Crippen molar-refractivity contribution in [3.63, 3.8) is 0 Å². The van der Waals surface area contributed by atoms with E-state index in [1.54, 1.807) is 54.6 Å². The second kappa shape index (κ2) is 14.5. The summed E-state index contributed by atoms with van der Waals surface area (Å²) in [5.74, 6) is -0.956. The van der Waals surface area contributed by atoms with Gasteiger partial charge in [0.25, 0.3) is 10.0 Å². The number of hydrogen-bond donors (Lipinski definition) is 1. The van der Waals surface area contributed by atoms with Crippen LogP contribution in [0, 0.1) is 6.92 Å². The van der Waals surface area contributed by atoms with Crippen molar-refractivity contribution in [2.45, 2.75) is 57.1 Å². The third kappa shape index (κ3) is 9.10. The molecule has 0 spiro atoms. The van der Waals surface area contributed by atoms with Gasteiger partial charge in [-0.15, -0.1) is 0 Å². The fourth-order valence-corrected chi connectivity index (χ4v) is 6.78. The zero-order valence-electron chi connectivity index (χ0n) is 25.7. The maximum Gasteiger partial charge on any atom is 0.264 e. The maximum absolute atomic E-state index is 14.5. The van der Waals surface area contributed by atoms with Crippen LogP contribution >= 0.6 is 23.2 Å². The SMILES string of the molecule is Cc1ccc(S(=O)(=O)N(CC(=O)N(Cc2cccc(Cl)c2)[C@H](Cc2ccccc2)C(=O)NC(C)(C)C)c2ccccc2Cl)cc1. The molecule has 0 aliphatic heterocycles. The van der Waals surface area contributed by atoms with Crippen LogP contribution < -0.4 is 9.62 Å². The molecule has 0 aliphatic carbocycles. The number of sulfonamides is 1. The van der Waals surface area contributed by atoms with E-state index in [1.165, 1.54) is 17.0 Å². The van der Waals surface area contributed by atoms with Gasteiger partial charge in [-0.3, -0.25) is 13.9 Å². The normalized spacial score (nSPS) is 12.3. The second-order valence-corrected chi connectivity index (χ2v) is 14.6. The van der Waals surface area contributed by atoms with E-state index in [0.717, 1.165) is 15.4 Å². The topological polar surface area (TPSA) is 86.8 Å². The number of aryl methyl sites for hydroxylation is 1. The van der Waals surface area contributed by atoms with Crippen molar-refractivity contribution < 1.29 is 18.0 Å². The fourth-order valence-electron chi connectivity index (χ4n) is 4.84. The summed E-state index contributed by atoms with van der Waals surface area (Å²) in [5.41, 5.74) is 1.97. The first-order valence-electron chi connectivity index (χ1n) is 14.5. The number of hydrogen-bond acceptors (Lipinski definition) is 4. The molecule has 0 radical (unpaired) electrons. The van der Waals surface area contributed by atoms with Crippen LogP contribution in [0.4, 0.5) is 5.69 Å². The largest absolute Gasteiger partial charge is 0.350 e. The number of amides is 2. The van der Waals surface area contributed by atoms with Gasteiger partial charge in [0, 0.05) is 23.5 Å². The predicted molar refractivity (Wildman–Crippen MR) is 181 cm³/mol. The summed E-state index contributed by atoms with van der Waals surface area (Å²) in [4.78, 5) is 29.9. The molecule has 0 unspecified atom stereocenters. The minimum absolute atomic E-state index is 0.00789. The average molecular weight is 667 g/mol. The molecule has 0 saturated carbocycles. The van der Waals surface area contributed by atoms with Gasteiger partial charge in [-0.25, -0.2) is 8.42 Å². The first-order chi connectivity index (χ1) is 21.2. The number of nitrogens with zero attached hydrogens (tertiary/aromatic N) is 2. The lowest BCUT2D eigenvalue weighted by Crippen LogP contribution is -2.56. The van der Waals surface area contributed by atoms with E-state index in [-0.39, 0.29) is 34.5 Å². The van der Waals surface area contributed by atoms with Gasteiger partial charge in [0.15, 0.2) is 0 Å². The Kier molecular flexibility index (Phi) is 11.0. The molecule has 0 bridgehead atoms. The third-order valence-electron chi connectivity index (χ3n) is 7.02. The van der Waals surface area contributed by atoms with Gasteiger partial charge in [-0.1, -0.05) is 95.5 Å². The molecule has 0 fully saturated rings. The molecule has 4 aromatic rings. The van der Waals surface area contributed by atoms with E-state index in [0.29, 0.717) is 10.6 Å². The first-order valence-corrected chi connectivity index (χ1v) is 16.7. The highest BCUT2D eigenvalue weighted by molar-refractivity contribution is 7.92. The lowest BCUT2D eigenvalue weighted by molar-refractivity contribution is -0.140. The van der Waals surface area contributed by atoms with E-state index in [9.17, 15) is 18.0 Å². The molecule has 4 aromatic carbocycles. The summed E-state index contributed by atoms with van der Waals surface area (Å²) in [6.45, 7) is 6.85. The molecular formula is C35H37Cl2N3O4S. The second-order valence-electron chi connectivity index (χ2n) is 11.9. The Bertz CT molecular complexity index is 1740. The van der Waals surface area contributed by atoms with Crippen molar-refractivity contribution in [1.82, 2.24) is 10.2 Å². The van der Waals surface area contributed by atoms with Gasteiger partial charge < -0.3 is 10.2 Å². The Morgan fingerprint density at radius 1 is 0.822 bits per heavy atom. The van der Waals surface area contributed by atoms with Gasteiger partial charge in [0.1, 0.15) is 12.6 Å². The number of halogens is 2. The van der Waals surface area contributed by atoms with Crippen molar-refractivity contribution in [1.29, 1.82) is 0 Å². The smallest absolute Gasteiger partial charge is 0.264 e. The Hall–Kier alpha value is -3.85. The van der Waals surface area contributed by atoms with E-state index in [2.05, 4.69) is 5.32 Å². The molecule has 4 rings (SSSR count). The van der Waals surface area contributed by atoms with Crippen LogP contribution in [-0.2, 0) is 32.6 Å². The van der Waals surface area contributed by atoms with Crippen LogP contribution in [0.1, 0.15) is 37.5 Å². The summed E-state index contributed by atoms with van der Waals surface area (Å²) < 4.78 is 29.3. The third-order valence-corrected chi connectivity index (χ3v) is 9.35. The molecule has 0 aromatic heterocycles. The monoisotopic (exact) mass is 665 g/mol. The summed E-state index contributed by atoms with van der Waals surface area (Å²) in [5, 5.41) is 3.65. The summed E-state index contributed by atoms with van der Waals surface area (Å²) in [7, 11) is -4.26. The van der Waals surface area contributed by atoms with Gasteiger partial charge in [-0.2, -0.15) is 0 Å². The lowest BCUT2D eigenvalue weighted by atomic mass is 10.0. The van der Waals surface area contributed by atoms with Crippen LogP contribution in [0.25, 0.3) is 0 Å². The summed E-state index contributed by atoms with van der Waals surface area (Å²) in [6.07, 6.45) is 0.200. The van der Waals surface area contributed by atoms with E-state index in [1.807, 2.05) is 64.1 Å². The lowest BCUT2D eigenvalue weighted by Gasteiger charge is -2.35. The number of carbonyl (C=O) groups is 2. The van der Waals surface area contributed by atoms with Crippen molar-refractivity contribution in [2.75, 3.05) is 10.8 Å². The Morgan fingerprint density at radius 2 is 1.44 bits per heavy atom. The van der Waals surface area contributed by atoms with Crippen LogP contribution in [0.3, 0.4) is 0 Å². The minimum atomic E-state index is -4.26. The van der Waals surface area contributed by atoms with Crippen molar-refractivity contribution in [2.24, 2.45) is 0 Å². The number of nitrogens with one attached hydrogen (secondary N) is 1. The minimum Gasteiger partial charge on any atom is -0.350 e. The van der Waals surface area contributed by atoms with Crippen LogP contribution in [-0.4, -0.2) is 43.3 Å². The molecular weight excluding hydrogens is 629 g/mol. The Balaban J connectivity index is 1.83. The van der Waals surface area contributed by atoms with Crippen LogP contribution in [0.5, 0.6) is 0 Å². The number of rotatable bonds is 11. The number of carbonyl (C=O) groups excluding carboxylic acids is 2. The first kappa shape index (κ1) is 34.0. The quantitative estimate of drug-likeness (QED) is 0.186. The summed E-state index contributed by atoms with van der Waals surface area (Å²) >= 11 is 12.8. The zero-order valence-corrected chi connectivity index (χ0v) is 28.0. The number of benzene rings is 4. The molecule has 45 heavy (non-hydrogen) atoms. The van der Waals surface area contributed by atoms with E-state index < -0.39 is 34.1 Å². The average Bonchev–Trinajstić information content (AvgIpc) is 2.98. The Morgan fingerprint density at radius 3 is 2.07 bits per heavy atom. The maximum atomic E-state index is 14.5. The zero-order chi connectivity index (χ0) is 32.8. The van der Waals surface area contributed by atoms with Crippen LogP contribution in [0.2, 0.25) is 10.0 Å². The predicted octanol–water partition coefficient (Wildman–Crippen LogP) is 7.05. The molecule has 2 amide bonds. The highest BCUT2D eigenvalue weighted by Gasteiger charge is 2.36. The molecule has 0 saturated heterocycles. The molecule has 236 valence electrons. The van der Waals surface area contributed by atoms with Crippen LogP contribution in [0.15, 0.2) is 108 Å². The standard InChI is InChI=1S/C35H37Cl2N3O4S/c1-25-17-19-29(20-18-25)45(43,44)40(31-16-9-8-15-30(31)37)24-33(41)39(23-27-13-10-14-28(36)21-27)32(34(42)38-35(2,3)4)22-26-11-6-5-7-12-26/h5-21,32H,22-24H2,1-4H3,(H,38,42)/t32-/m1/s1. The van der Waals surface area contributed by atoms with Crippen molar-refractivity contribution in [3.05, 3.63) is 130 Å². The summed E-state index contributed by atoms with van der Waals surface area (Å²) in [6, 6.07) is 28.2. The molecule has 7 nitrogen and oxygen atoms in total.